The molecule has 0 aliphatic carbocycles. The highest BCUT2D eigenvalue weighted by atomic mass is 16.5. The third-order valence-electron chi connectivity index (χ3n) is 4.32. The van der Waals surface area contributed by atoms with Crippen LogP contribution in [0.5, 0.6) is 0 Å². The van der Waals surface area contributed by atoms with Crippen molar-refractivity contribution in [3.05, 3.63) is 42.1 Å². The molecule has 24 heavy (non-hydrogen) atoms. The largest absolute Gasteiger partial charge is 0.468 e. The van der Waals surface area contributed by atoms with Gasteiger partial charge in [-0.05, 0) is 37.2 Å². The van der Waals surface area contributed by atoms with Crippen molar-refractivity contribution in [3.8, 4) is 11.3 Å². The van der Waals surface area contributed by atoms with Crippen molar-refractivity contribution in [2.75, 3.05) is 20.7 Å². The number of methoxy groups -OCH3 is 1. The number of hydrogen-bond acceptors (Lipinski definition) is 5. The molecule has 1 aliphatic rings. The summed E-state index contributed by atoms with van der Waals surface area (Å²) in [7, 11) is 3.23. The van der Waals surface area contributed by atoms with Crippen LogP contribution < -0.4 is 5.32 Å². The predicted molar refractivity (Wildman–Crippen MR) is 88.3 cm³/mol. The highest BCUT2D eigenvalue weighted by molar-refractivity contribution is 5.95. The molecule has 2 N–H and O–H groups in total. The van der Waals surface area contributed by atoms with Gasteiger partial charge in [0.05, 0.1) is 12.8 Å². The summed E-state index contributed by atoms with van der Waals surface area (Å²) in [5, 5.41) is 9.78. The van der Waals surface area contributed by atoms with Crippen LogP contribution in [0.3, 0.4) is 0 Å². The zero-order valence-electron chi connectivity index (χ0n) is 13.7. The van der Waals surface area contributed by atoms with E-state index in [9.17, 15) is 9.59 Å². The molecule has 2 atom stereocenters. The predicted octanol–water partition coefficient (Wildman–Crippen LogP) is 1.05. The number of carbonyl (C=O) groups is 2. The minimum Gasteiger partial charge on any atom is -0.468 e. The Labute approximate surface area is 140 Å². The van der Waals surface area contributed by atoms with Crippen LogP contribution in [0.2, 0.25) is 0 Å². The zero-order chi connectivity index (χ0) is 17.1. The van der Waals surface area contributed by atoms with Gasteiger partial charge in [-0.1, -0.05) is 12.1 Å². The van der Waals surface area contributed by atoms with Crippen molar-refractivity contribution in [1.29, 1.82) is 0 Å². The molecule has 7 heteroatoms. The molecule has 1 saturated heterocycles. The monoisotopic (exact) mass is 328 g/mol. The summed E-state index contributed by atoms with van der Waals surface area (Å²) in [5.41, 5.74) is 2.46. The van der Waals surface area contributed by atoms with Gasteiger partial charge in [-0.15, -0.1) is 0 Å². The lowest BCUT2D eigenvalue weighted by atomic mass is 10.1. The van der Waals surface area contributed by atoms with E-state index < -0.39 is 0 Å². The molecule has 0 spiro atoms. The number of esters is 1. The van der Waals surface area contributed by atoms with Gasteiger partial charge < -0.3 is 10.1 Å². The Bertz CT molecular complexity index is 712. The maximum atomic E-state index is 12.4. The van der Waals surface area contributed by atoms with E-state index in [1.165, 1.54) is 7.11 Å². The minimum absolute atomic E-state index is 0.0705. The van der Waals surface area contributed by atoms with Gasteiger partial charge in [-0.2, -0.15) is 5.10 Å². The summed E-state index contributed by atoms with van der Waals surface area (Å²) in [4.78, 5) is 26.0. The molecule has 7 nitrogen and oxygen atoms in total. The molecule has 2 heterocycles. The average molecular weight is 328 g/mol. The fourth-order valence-electron chi connectivity index (χ4n) is 3.00. The quantitative estimate of drug-likeness (QED) is 0.819. The number of carbonyl (C=O) groups excluding carboxylic acids is 2. The van der Waals surface area contributed by atoms with E-state index in [0.717, 1.165) is 11.3 Å². The van der Waals surface area contributed by atoms with Crippen LogP contribution in [0.15, 0.2) is 36.5 Å². The second-order valence-corrected chi connectivity index (χ2v) is 5.93. The summed E-state index contributed by atoms with van der Waals surface area (Å²) < 4.78 is 4.79. The third kappa shape index (κ3) is 3.30. The molecular weight excluding hydrogens is 308 g/mol. The van der Waals surface area contributed by atoms with Crippen LogP contribution in [0.1, 0.15) is 16.8 Å². The van der Waals surface area contributed by atoms with Crippen LogP contribution >= 0.6 is 0 Å². The molecule has 126 valence electrons. The fourth-order valence-corrected chi connectivity index (χ4v) is 3.00. The first kappa shape index (κ1) is 16.2. The van der Waals surface area contributed by atoms with Gasteiger partial charge in [-0.25, -0.2) is 0 Å². The number of ether oxygens (including phenoxy) is 1. The second-order valence-electron chi connectivity index (χ2n) is 5.93. The Kier molecular flexibility index (Phi) is 4.61. The molecule has 3 rings (SSSR count). The lowest BCUT2D eigenvalue weighted by Crippen LogP contribution is -2.36. The van der Waals surface area contributed by atoms with E-state index in [-0.39, 0.29) is 24.0 Å². The lowest BCUT2D eigenvalue weighted by molar-refractivity contribution is -0.145. The molecule has 0 unspecified atom stereocenters. The Balaban J connectivity index is 1.62. The third-order valence-corrected chi connectivity index (χ3v) is 4.32. The summed E-state index contributed by atoms with van der Waals surface area (Å²) in [5.74, 6) is -0.409. The highest BCUT2D eigenvalue weighted by Gasteiger charge is 2.35. The van der Waals surface area contributed by atoms with E-state index in [0.29, 0.717) is 18.5 Å². The van der Waals surface area contributed by atoms with Gasteiger partial charge in [0.1, 0.15) is 6.04 Å². The Morgan fingerprint density at radius 2 is 2.04 bits per heavy atom. The maximum absolute atomic E-state index is 12.4. The van der Waals surface area contributed by atoms with Crippen molar-refractivity contribution < 1.29 is 14.3 Å². The normalized spacial score (nSPS) is 20.8. The molecule has 1 aromatic heterocycles. The number of nitrogens with one attached hydrogen (secondary N) is 2. The molecule has 1 fully saturated rings. The Morgan fingerprint density at radius 1 is 1.29 bits per heavy atom. The summed E-state index contributed by atoms with van der Waals surface area (Å²) in [6.45, 7) is 0.623. The first-order chi connectivity index (χ1) is 11.6. The second kappa shape index (κ2) is 6.84. The number of aromatic nitrogens is 2. The van der Waals surface area contributed by atoms with Gasteiger partial charge in [0.2, 0.25) is 0 Å². The number of likely N-dealkylation sites (N-methyl/N-ethyl adjacent to an activating group) is 1. The Morgan fingerprint density at radius 3 is 2.67 bits per heavy atom. The molecule has 0 saturated carbocycles. The highest BCUT2D eigenvalue weighted by Crippen LogP contribution is 2.19. The van der Waals surface area contributed by atoms with Gasteiger partial charge in [0.25, 0.3) is 5.91 Å². The van der Waals surface area contributed by atoms with Crippen LogP contribution in [0.25, 0.3) is 11.3 Å². The Hall–Kier alpha value is -2.67. The van der Waals surface area contributed by atoms with E-state index in [2.05, 4.69) is 15.5 Å². The number of amides is 1. The summed E-state index contributed by atoms with van der Waals surface area (Å²) in [6, 6.07) is 8.81. The molecule has 0 radical (unpaired) electrons. The van der Waals surface area contributed by atoms with Crippen molar-refractivity contribution in [3.63, 3.8) is 0 Å². The van der Waals surface area contributed by atoms with Gasteiger partial charge in [-0.3, -0.25) is 19.6 Å². The van der Waals surface area contributed by atoms with Crippen molar-refractivity contribution in [2.24, 2.45) is 0 Å². The van der Waals surface area contributed by atoms with Crippen molar-refractivity contribution >= 4 is 11.9 Å². The van der Waals surface area contributed by atoms with Gasteiger partial charge in [0, 0.05) is 24.3 Å². The maximum Gasteiger partial charge on any atom is 0.323 e. The molecular formula is C17H20N4O3. The molecule has 1 amide bonds. The fraction of sp³-hybridized carbons (Fsp3) is 0.353. The SMILES string of the molecule is COC(=O)[C@@H]1C[C@@H](NC(=O)c2ccc(-c3ccn[nH]3)cc2)CN1C. The number of benzene rings is 1. The van der Waals surface area contributed by atoms with Gasteiger partial charge in [0.15, 0.2) is 0 Å². The number of aromatic amines is 1. The smallest absolute Gasteiger partial charge is 0.323 e. The van der Waals surface area contributed by atoms with Crippen LogP contribution in [0, 0.1) is 0 Å². The summed E-state index contributed by atoms with van der Waals surface area (Å²) in [6.07, 6.45) is 2.24. The number of H-pyrrole nitrogens is 1. The molecule has 1 aromatic carbocycles. The van der Waals surface area contributed by atoms with Crippen LogP contribution in [-0.2, 0) is 9.53 Å². The van der Waals surface area contributed by atoms with Crippen LogP contribution in [0.4, 0.5) is 0 Å². The zero-order valence-corrected chi connectivity index (χ0v) is 13.7. The molecule has 1 aliphatic heterocycles. The van der Waals surface area contributed by atoms with E-state index in [4.69, 9.17) is 4.74 Å². The summed E-state index contributed by atoms with van der Waals surface area (Å²) >= 11 is 0. The average Bonchev–Trinajstić information content (AvgIpc) is 3.24. The number of rotatable bonds is 4. The van der Waals surface area contributed by atoms with Gasteiger partial charge >= 0.3 is 5.97 Å². The lowest BCUT2D eigenvalue weighted by Gasteiger charge is -2.15. The van der Waals surface area contributed by atoms with Crippen molar-refractivity contribution in [2.45, 2.75) is 18.5 Å². The van der Waals surface area contributed by atoms with E-state index >= 15 is 0 Å². The minimum atomic E-state index is -0.303. The van der Waals surface area contributed by atoms with E-state index in [1.54, 1.807) is 18.3 Å². The standard InChI is InChI=1S/C17H20N4O3/c1-21-10-13(9-15(21)17(23)24-2)19-16(22)12-5-3-11(4-6-12)14-7-8-18-20-14/h3-8,13,15H,9-10H2,1-2H3,(H,18,20)(H,19,22)/t13-,15+/m1/s1. The topological polar surface area (TPSA) is 87.3 Å². The number of hydrogen-bond donors (Lipinski definition) is 2. The number of nitrogens with zero attached hydrogens (tertiary/aromatic N) is 2. The van der Waals surface area contributed by atoms with Crippen molar-refractivity contribution in [1.82, 2.24) is 20.4 Å². The van der Waals surface area contributed by atoms with Crippen LogP contribution in [-0.4, -0.2) is 59.8 Å². The first-order valence-electron chi connectivity index (χ1n) is 7.77. The first-order valence-corrected chi connectivity index (χ1v) is 7.77. The molecule has 2 aromatic rings. The van der Waals surface area contributed by atoms with E-state index in [1.807, 2.05) is 30.1 Å². The molecule has 0 bridgehead atoms. The number of likely N-dealkylation sites (tertiary alicyclic amines) is 1.